The van der Waals surface area contributed by atoms with Gasteiger partial charge in [0.1, 0.15) is 23.9 Å². The number of hydrogen-bond donors (Lipinski definition) is 1. The second-order valence-electron chi connectivity index (χ2n) is 5.38. The molecule has 0 saturated carbocycles. The molecule has 2 aromatic rings. The predicted molar refractivity (Wildman–Crippen MR) is 98.3 cm³/mol. The third-order valence-corrected chi connectivity index (χ3v) is 5.44. The zero-order valence-corrected chi connectivity index (χ0v) is 16.0. The van der Waals surface area contributed by atoms with Crippen molar-refractivity contribution in [3.63, 3.8) is 0 Å². The van der Waals surface area contributed by atoms with Gasteiger partial charge in [0, 0.05) is 30.7 Å². The van der Waals surface area contributed by atoms with Gasteiger partial charge in [-0.25, -0.2) is 4.39 Å². The van der Waals surface area contributed by atoms with E-state index < -0.39 is 16.0 Å². The fourth-order valence-electron chi connectivity index (χ4n) is 2.11. The van der Waals surface area contributed by atoms with Gasteiger partial charge in [-0.05, 0) is 36.4 Å². The molecule has 0 heterocycles. The van der Waals surface area contributed by atoms with Crippen molar-refractivity contribution in [2.75, 3.05) is 27.3 Å². The number of benzene rings is 2. The molecule has 0 saturated heterocycles. The summed E-state index contributed by atoms with van der Waals surface area (Å²) >= 11 is 5.93. The molecule has 0 aliphatic carbocycles. The number of halogens is 2. The minimum atomic E-state index is -3.80. The molecule has 0 aromatic heterocycles. The molecule has 0 aliphatic heterocycles. The minimum Gasteiger partial charge on any atom is -0.497 e. The van der Waals surface area contributed by atoms with Crippen LogP contribution in [-0.2, 0) is 16.8 Å². The zero-order valence-electron chi connectivity index (χ0n) is 14.4. The summed E-state index contributed by atoms with van der Waals surface area (Å²) in [5.74, 6) is 0.741. The van der Waals surface area contributed by atoms with E-state index in [1.807, 2.05) is 0 Å². The van der Waals surface area contributed by atoms with Crippen LogP contribution >= 0.6 is 11.6 Å². The Morgan fingerprint density at radius 2 is 1.81 bits per heavy atom. The number of hydrogen-bond acceptors (Lipinski definition) is 4. The number of rotatable bonds is 9. The molecule has 6 nitrogen and oxygen atoms in total. The highest BCUT2D eigenvalue weighted by Gasteiger charge is 2.20. The lowest BCUT2D eigenvalue weighted by Crippen LogP contribution is -2.39. The van der Waals surface area contributed by atoms with E-state index in [1.54, 1.807) is 31.4 Å². The molecule has 0 unspecified atom stereocenters. The first-order valence-corrected chi connectivity index (χ1v) is 9.56. The van der Waals surface area contributed by atoms with Crippen LogP contribution in [0.1, 0.15) is 5.56 Å². The summed E-state index contributed by atoms with van der Waals surface area (Å²) in [6.45, 7) is 0.0176. The first kappa shape index (κ1) is 20.4. The quantitative estimate of drug-likeness (QED) is 0.655. The minimum absolute atomic E-state index is 0.0592. The Morgan fingerprint density at radius 3 is 2.42 bits per heavy atom. The molecule has 0 atom stereocenters. The highest BCUT2D eigenvalue weighted by atomic mass is 35.5. The van der Waals surface area contributed by atoms with Gasteiger partial charge in [0.05, 0.1) is 7.11 Å². The number of nitrogens with one attached hydrogen (secondary N) is 1. The molecular weight excluding hydrogens is 383 g/mol. The van der Waals surface area contributed by atoms with Gasteiger partial charge in [-0.1, -0.05) is 17.7 Å². The normalized spacial score (nSPS) is 11.6. The Balaban J connectivity index is 1.85. The van der Waals surface area contributed by atoms with E-state index in [0.717, 1.165) is 4.31 Å². The summed E-state index contributed by atoms with van der Waals surface area (Å²) in [6, 6.07) is 11.1. The van der Waals surface area contributed by atoms with Gasteiger partial charge in [-0.2, -0.15) is 17.4 Å². The smallest absolute Gasteiger partial charge is 0.279 e. The molecule has 0 bridgehead atoms. The maximum Gasteiger partial charge on any atom is 0.279 e. The van der Waals surface area contributed by atoms with E-state index in [0.29, 0.717) is 11.5 Å². The van der Waals surface area contributed by atoms with E-state index in [9.17, 15) is 12.8 Å². The summed E-state index contributed by atoms with van der Waals surface area (Å²) in [6.07, 6.45) is 0. The standard InChI is InChI=1S/C17H20ClFN2O4S/c1-21(12-15-16(18)4-3-5-17(15)19)26(22,23)20-10-11-25-14-8-6-13(24-2)7-9-14/h3-9,20H,10-12H2,1-2H3. The molecule has 9 heteroatoms. The van der Waals surface area contributed by atoms with Gasteiger partial charge in [-0.3, -0.25) is 0 Å². The van der Waals surface area contributed by atoms with Gasteiger partial charge in [0.2, 0.25) is 0 Å². The molecule has 0 fully saturated rings. The van der Waals surface area contributed by atoms with Crippen molar-refractivity contribution >= 4 is 21.8 Å². The van der Waals surface area contributed by atoms with Crippen molar-refractivity contribution in [3.05, 3.63) is 58.9 Å². The van der Waals surface area contributed by atoms with Gasteiger partial charge in [0.25, 0.3) is 10.2 Å². The molecule has 0 aliphatic rings. The van der Waals surface area contributed by atoms with E-state index >= 15 is 0 Å². The van der Waals surface area contributed by atoms with Crippen molar-refractivity contribution in [2.45, 2.75) is 6.54 Å². The summed E-state index contributed by atoms with van der Waals surface area (Å²) < 4.78 is 52.1. The van der Waals surface area contributed by atoms with Crippen LogP contribution in [0.2, 0.25) is 5.02 Å². The molecule has 2 aromatic carbocycles. The van der Waals surface area contributed by atoms with Crippen LogP contribution < -0.4 is 14.2 Å². The lowest BCUT2D eigenvalue weighted by Gasteiger charge is -2.19. The van der Waals surface area contributed by atoms with Crippen molar-refractivity contribution in [1.82, 2.24) is 9.03 Å². The summed E-state index contributed by atoms with van der Waals surface area (Å²) in [4.78, 5) is 0. The van der Waals surface area contributed by atoms with Crippen LogP contribution in [0.4, 0.5) is 4.39 Å². The summed E-state index contributed by atoms with van der Waals surface area (Å²) in [7, 11) is -0.891. The lowest BCUT2D eigenvalue weighted by molar-refractivity contribution is 0.319. The monoisotopic (exact) mass is 402 g/mol. The second kappa shape index (κ2) is 9.18. The van der Waals surface area contributed by atoms with E-state index in [1.165, 1.54) is 25.2 Å². The van der Waals surface area contributed by atoms with Crippen LogP contribution in [0.15, 0.2) is 42.5 Å². The maximum absolute atomic E-state index is 13.8. The van der Waals surface area contributed by atoms with E-state index in [2.05, 4.69) is 4.72 Å². The van der Waals surface area contributed by atoms with Gasteiger partial charge < -0.3 is 9.47 Å². The Morgan fingerprint density at radius 1 is 1.15 bits per heavy atom. The molecule has 2 rings (SSSR count). The molecule has 1 N–H and O–H groups in total. The van der Waals surface area contributed by atoms with Crippen molar-refractivity contribution in [2.24, 2.45) is 0 Å². The Hall–Kier alpha value is -1.87. The zero-order chi connectivity index (χ0) is 19.2. The van der Waals surface area contributed by atoms with Crippen LogP contribution in [0.5, 0.6) is 11.5 Å². The van der Waals surface area contributed by atoms with Gasteiger partial charge in [0.15, 0.2) is 0 Å². The number of methoxy groups -OCH3 is 1. The molecule has 0 amide bonds. The predicted octanol–water partition coefficient (Wildman–Crippen LogP) is 2.83. The lowest BCUT2D eigenvalue weighted by atomic mass is 10.2. The van der Waals surface area contributed by atoms with Crippen LogP contribution in [0.25, 0.3) is 0 Å². The fraction of sp³-hybridized carbons (Fsp3) is 0.294. The first-order valence-electron chi connectivity index (χ1n) is 7.74. The number of ether oxygens (including phenoxy) is 2. The van der Waals surface area contributed by atoms with Gasteiger partial charge >= 0.3 is 0 Å². The third kappa shape index (κ3) is 5.57. The Kier molecular flexibility index (Phi) is 7.22. The van der Waals surface area contributed by atoms with Gasteiger partial charge in [-0.15, -0.1) is 0 Å². The van der Waals surface area contributed by atoms with Crippen molar-refractivity contribution in [3.8, 4) is 11.5 Å². The molecule has 142 valence electrons. The van der Waals surface area contributed by atoms with E-state index in [4.69, 9.17) is 21.1 Å². The topological polar surface area (TPSA) is 67.9 Å². The Bertz CT molecular complexity index is 811. The molecule has 26 heavy (non-hydrogen) atoms. The second-order valence-corrected chi connectivity index (χ2v) is 7.65. The molecular formula is C17H20ClFN2O4S. The first-order chi connectivity index (χ1) is 12.3. The average Bonchev–Trinajstić information content (AvgIpc) is 2.62. The SMILES string of the molecule is COc1ccc(OCCNS(=O)(=O)N(C)Cc2c(F)cccc2Cl)cc1. The van der Waals surface area contributed by atoms with E-state index in [-0.39, 0.29) is 30.3 Å². The summed E-state index contributed by atoms with van der Waals surface area (Å²) in [5.41, 5.74) is 0.122. The highest BCUT2D eigenvalue weighted by molar-refractivity contribution is 7.87. The highest BCUT2D eigenvalue weighted by Crippen LogP contribution is 2.21. The largest absolute Gasteiger partial charge is 0.497 e. The Labute approximate surface area is 157 Å². The molecule has 0 spiro atoms. The average molecular weight is 403 g/mol. The third-order valence-electron chi connectivity index (χ3n) is 3.57. The number of nitrogens with zero attached hydrogens (tertiary/aromatic N) is 1. The maximum atomic E-state index is 13.8. The van der Waals surface area contributed by atoms with Crippen LogP contribution in [0.3, 0.4) is 0 Å². The van der Waals surface area contributed by atoms with Crippen molar-refractivity contribution < 1.29 is 22.3 Å². The van der Waals surface area contributed by atoms with Crippen molar-refractivity contribution in [1.29, 1.82) is 0 Å². The fourth-order valence-corrected chi connectivity index (χ4v) is 3.20. The van der Waals surface area contributed by atoms with Crippen LogP contribution in [-0.4, -0.2) is 40.0 Å². The van der Waals surface area contributed by atoms with Crippen LogP contribution in [0, 0.1) is 5.82 Å². The summed E-state index contributed by atoms with van der Waals surface area (Å²) in [5, 5.41) is 0.176. The molecule has 0 radical (unpaired) electrons.